The summed E-state index contributed by atoms with van der Waals surface area (Å²) < 4.78 is 11.2. The van der Waals surface area contributed by atoms with Crippen LogP contribution in [0.5, 0.6) is 5.75 Å². The molecule has 0 amide bonds. The van der Waals surface area contributed by atoms with Crippen molar-refractivity contribution in [3.8, 4) is 5.75 Å². The number of nitrogens with zero attached hydrogens (tertiary/aromatic N) is 2. The molecule has 24 heavy (non-hydrogen) atoms. The molecule has 1 N–H and O–H groups in total. The molecular formula is C19H32N2O3. The topological polar surface area (TPSA) is 45.2 Å². The number of aliphatic hydroxyl groups excluding tert-OH is 1. The van der Waals surface area contributed by atoms with Gasteiger partial charge in [-0.05, 0) is 30.7 Å². The van der Waals surface area contributed by atoms with Gasteiger partial charge in [0.25, 0.3) is 0 Å². The predicted molar refractivity (Wildman–Crippen MR) is 96.8 cm³/mol. The van der Waals surface area contributed by atoms with Gasteiger partial charge in [-0.15, -0.1) is 0 Å². The van der Waals surface area contributed by atoms with Gasteiger partial charge < -0.3 is 19.5 Å². The Hall–Kier alpha value is -1.14. The maximum atomic E-state index is 10.0. The van der Waals surface area contributed by atoms with Gasteiger partial charge in [-0.25, -0.2) is 0 Å². The number of benzene rings is 1. The first-order chi connectivity index (χ1) is 11.5. The number of piperazine rings is 1. The highest BCUT2D eigenvalue weighted by Crippen LogP contribution is 2.18. The molecule has 0 spiro atoms. The van der Waals surface area contributed by atoms with Gasteiger partial charge in [0, 0.05) is 32.7 Å². The lowest BCUT2D eigenvalue weighted by Gasteiger charge is -2.33. The molecule has 136 valence electrons. The molecule has 2 rings (SSSR count). The number of likely N-dealkylation sites (N-methyl/N-ethyl adjacent to an activating group) is 1. The minimum Gasteiger partial charge on any atom is -0.491 e. The zero-order valence-corrected chi connectivity index (χ0v) is 15.3. The van der Waals surface area contributed by atoms with E-state index in [2.05, 4.69) is 42.8 Å². The molecule has 1 heterocycles. The van der Waals surface area contributed by atoms with Gasteiger partial charge >= 0.3 is 0 Å². The van der Waals surface area contributed by atoms with Crippen LogP contribution in [-0.4, -0.2) is 80.6 Å². The Bertz CT molecular complexity index is 456. The van der Waals surface area contributed by atoms with Crippen molar-refractivity contribution in [3.05, 3.63) is 29.8 Å². The Balaban J connectivity index is 1.54. The molecule has 0 bridgehead atoms. The van der Waals surface area contributed by atoms with E-state index in [0.29, 0.717) is 32.3 Å². The van der Waals surface area contributed by atoms with Crippen LogP contribution in [-0.2, 0) is 4.74 Å². The minimum atomic E-state index is -0.432. The van der Waals surface area contributed by atoms with Crippen LogP contribution in [0.2, 0.25) is 0 Å². The largest absolute Gasteiger partial charge is 0.491 e. The molecule has 1 saturated heterocycles. The first-order valence-corrected chi connectivity index (χ1v) is 8.94. The molecule has 1 atom stereocenters. The van der Waals surface area contributed by atoms with Crippen LogP contribution < -0.4 is 4.74 Å². The van der Waals surface area contributed by atoms with E-state index in [0.717, 1.165) is 31.9 Å². The third-order valence-electron chi connectivity index (χ3n) is 4.42. The molecule has 5 nitrogen and oxygen atoms in total. The second kappa shape index (κ2) is 9.99. The fraction of sp³-hybridized carbons (Fsp3) is 0.684. The molecule has 1 aliphatic rings. The highest BCUT2D eigenvalue weighted by molar-refractivity contribution is 5.28. The lowest BCUT2D eigenvalue weighted by atomic mass is 10.0. The van der Waals surface area contributed by atoms with Gasteiger partial charge in [-0.3, -0.25) is 4.90 Å². The number of hydrogen-bond acceptors (Lipinski definition) is 5. The van der Waals surface area contributed by atoms with Crippen LogP contribution in [0.3, 0.4) is 0 Å². The molecule has 0 aromatic heterocycles. The summed E-state index contributed by atoms with van der Waals surface area (Å²) in [4.78, 5) is 4.60. The predicted octanol–water partition coefficient (Wildman–Crippen LogP) is 1.81. The van der Waals surface area contributed by atoms with Gasteiger partial charge in [0.1, 0.15) is 12.4 Å². The van der Waals surface area contributed by atoms with E-state index in [1.807, 2.05) is 12.1 Å². The van der Waals surface area contributed by atoms with Crippen molar-refractivity contribution in [1.29, 1.82) is 0 Å². The molecular weight excluding hydrogens is 304 g/mol. The zero-order valence-electron chi connectivity index (χ0n) is 15.3. The summed E-state index contributed by atoms with van der Waals surface area (Å²) in [5.74, 6) is 1.39. The normalized spacial score (nSPS) is 18.0. The second-order valence-electron chi connectivity index (χ2n) is 6.90. The molecule has 1 fully saturated rings. The van der Waals surface area contributed by atoms with Crippen molar-refractivity contribution in [2.24, 2.45) is 0 Å². The summed E-state index contributed by atoms with van der Waals surface area (Å²) in [6.07, 6.45) is -0.432. The fourth-order valence-electron chi connectivity index (χ4n) is 2.77. The Labute approximate surface area is 146 Å². The maximum absolute atomic E-state index is 10.0. The second-order valence-corrected chi connectivity index (χ2v) is 6.90. The summed E-state index contributed by atoms with van der Waals surface area (Å²) >= 11 is 0. The van der Waals surface area contributed by atoms with Crippen LogP contribution in [0.4, 0.5) is 0 Å². The summed E-state index contributed by atoms with van der Waals surface area (Å²) in [7, 11) is 2.13. The lowest BCUT2D eigenvalue weighted by Crippen LogP contribution is -2.47. The van der Waals surface area contributed by atoms with Gasteiger partial charge in [0.05, 0.1) is 19.3 Å². The molecule has 0 radical (unpaired) electrons. The highest BCUT2D eigenvalue weighted by atomic mass is 16.5. The first kappa shape index (κ1) is 19.2. The SMILES string of the molecule is CC(C)c1ccc(OCCOC[C@H](O)CN2CCN(C)CC2)cc1. The summed E-state index contributed by atoms with van der Waals surface area (Å²) in [5, 5.41) is 10.0. The van der Waals surface area contributed by atoms with Crippen molar-refractivity contribution in [2.75, 3.05) is 59.6 Å². The lowest BCUT2D eigenvalue weighted by molar-refractivity contribution is 0.00149. The number of β-amino-alcohol motifs (C(OH)–C–C–N with tert-alkyl or cyclic N) is 1. The Morgan fingerprint density at radius 2 is 1.71 bits per heavy atom. The van der Waals surface area contributed by atoms with Crippen LogP contribution >= 0.6 is 0 Å². The van der Waals surface area contributed by atoms with Gasteiger partial charge in [0.2, 0.25) is 0 Å². The summed E-state index contributed by atoms with van der Waals surface area (Å²) in [6.45, 7) is 10.6. The quantitative estimate of drug-likeness (QED) is 0.697. The molecule has 0 aliphatic carbocycles. The van der Waals surface area contributed by atoms with E-state index < -0.39 is 6.10 Å². The molecule has 1 aliphatic heterocycles. The smallest absolute Gasteiger partial charge is 0.119 e. The Kier molecular flexibility index (Phi) is 7.99. The van der Waals surface area contributed by atoms with E-state index in [1.165, 1.54) is 5.56 Å². The van der Waals surface area contributed by atoms with Crippen molar-refractivity contribution < 1.29 is 14.6 Å². The van der Waals surface area contributed by atoms with Crippen molar-refractivity contribution >= 4 is 0 Å². The summed E-state index contributed by atoms with van der Waals surface area (Å²) in [6, 6.07) is 8.19. The van der Waals surface area contributed by atoms with E-state index in [9.17, 15) is 5.11 Å². The third kappa shape index (κ3) is 6.77. The number of ether oxygens (including phenoxy) is 2. The molecule has 1 aromatic rings. The first-order valence-electron chi connectivity index (χ1n) is 8.94. The fourth-order valence-corrected chi connectivity index (χ4v) is 2.77. The minimum absolute atomic E-state index is 0.363. The average Bonchev–Trinajstić information content (AvgIpc) is 2.57. The summed E-state index contributed by atoms with van der Waals surface area (Å²) in [5.41, 5.74) is 1.31. The Morgan fingerprint density at radius 1 is 1.04 bits per heavy atom. The van der Waals surface area contributed by atoms with E-state index in [4.69, 9.17) is 9.47 Å². The Morgan fingerprint density at radius 3 is 2.33 bits per heavy atom. The van der Waals surface area contributed by atoms with Crippen LogP contribution in [0, 0.1) is 0 Å². The van der Waals surface area contributed by atoms with Crippen LogP contribution in [0.25, 0.3) is 0 Å². The maximum Gasteiger partial charge on any atom is 0.119 e. The van der Waals surface area contributed by atoms with E-state index in [-0.39, 0.29) is 0 Å². The van der Waals surface area contributed by atoms with E-state index in [1.54, 1.807) is 0 Å². The van der Waals surface area contributed by atoms with E-state index >= 15 is 0 Å². The molecule has 5 heteroatoms. The van der Waals surface area contributed by atoms with Crippen molar-refractivity contribution in [1.82, 2.24) is 9.80 Å². The van der Waals surface area contributed by atoms with Crippen molar-refractivity contribution in [3.63, 3.8) is 0 Å². The third-order valence-corrected chi connectivity index (χ3v) is 4.42. The monoisotopic (exact) mass is 336 g/mol. The van der Waals surface area contributed by atoms with Crippen LogP contribution in [0.15, 0.2) is 24.3 Å². The molecule has 0 unspecified atom stereocenters. The average molecular weight is 336 g/mol. The van der Waals surface area contributed by atoms with Crippen LogP contribution in [0.1, 0.15) is 25.3 Å². The highest BCUT2D eigenvalue weighted by Gasteiger charge is 2.16. The van der Waals surface area contributed by atoms with Gasteiger partial charge in [-0.2, -0.15) is 0 Å². The van der Waals surface area contributed by atoms with Crippen molar-refractivity contribution in [2.45, 2.75) is 25.9 Å². The standard InChI is InChI=1S/C19H32N2O3/c1-16(2)17-4-6-19(7-5-17)24-13-12-23-15-18(22)14-21-10-8-20(3)9-11-21/h4-7,16,18,22H,8-15H2,1-3H3/t18-/m1/s1. The number of aliphatic hydroxyl groups is 1. The molecule has 1 aromatic carbocycles. The molecule has 0 saturated carbocycles. The number of hydrogen-bond donors (Lipinski definition) is 1. The zero-order chi connectivity index (χ0) is 17.4. The van der Waals surface area contributed by atoms with Gasteiger partial charge in [0.15, 0.2) is 0 Å². The number of rotatable bonds is 9. The van der Waals surface area contributed by atoms with Gasteiger partial charge in [-0.1, -0.05) is 26.0 Å².